The minimum Gasteiger partial charge on any atom is -0.393 e. The molecule has 172 valence electrons. The fraction of sp³-hybridized carbons (Fsp3) is 0.926. The quantitative estimate of drug-likeness (QED) is 0.519. The van der Waals surface area contributed by atoms with Gasteiger partial charge in [0.05, 0.1) is 17.8 Å². The van der Waals surface area contributed by atoms with Crippen molar-refractivity contribution in [3.8, 4) is 0 Å². The van der Waals surface area contributed by atoms with Gasteiger partial charge in [-0.3, -0.25) is 0 Å². The van der Waals surface area contributed by atoms with Gasteiger partial charge in [0, 0.05) is 0 Å². The van der Waals surface area contributed by atoms with Crippen molar-refractivity contribution in [1.29, 1.82) is 0 Å². The lowest BCUT2D eigenvalue weighted by Crippen LogP contribution is -2.59. The molecule has 4 rings (SSSR count). The molecule has 0 aromatic heterocycles. The van der Waals surface area contributed by atoms with Crippen LogP contribution in [0.3, 0.4) is 0 Å². The van der Waals surface area contributed by atoms with Crippen molar-refractivity contribution in [3.63, 3.8) is 0 Å². The van der Waals surface area contributed by atoms with Gasteiger partial charge in [0.15, 0.2) is 0 Å². The van der Waals surface area contributed by atoms with E-state index in [9.17, 15) is 15.3 Å². The summed E-state index contributed by atoms with van der Waals surface area (Å²) < 4.78 is 0. The number of fused-ring (bicyclic) bond motifs is 5. The summed E-state index contributed by atoms with van der Waals surface area (Å²) in [6.07, 6.45) is 10.8. The van der Waals surface area contributed by atoms with Crippen LogP contribution >= 0.6 is 0 Å². The molecule has 0 aromatic carbocycles. The van der Waals surface area contributed by atoms with E-state index in [-0.39, 0.29) is 29.0 Å². The van der Waals surface area contributed by atoms with Crippen molar-refractivity contribution in [2.75, 3.05) is 0 Å². The predicted molar refractivity (Wildman–Crippen MR) is 122 cm³/mol. The van der Waals surface area contributed by atoms with Crippen LogP contribution in [0.5, 0.6) is 0 Å². The minimum atomic E-state index is -0.611. The highest BCUT2D eigenvalue weighted by atomic mass is 16.3. The molecule has 10 atom stereocenters. The molecule has 0 spiro atoms. The van der Waals surface area contributed by atoms with E-state index in [1.54, 1.807) is 0 Å². The lowest BCUT2D eigenvalue weighted by atomic mass is 9.43. The first-order chi connectivity index (χ1) is 14.0. The molecule has 0 aliphatic heterocycles. The molecule has 3 N–H and O–H groups in total. The molecule has 0 aromatic rings. The monoisotopic (exact) mass is 418 g/mol. The summed E-state index contributed by atoms with van der Waals surface area (Å²) in [7, 11) is 0. The molecule has 0 saturated heterocycles. The molecule has 3 heteroatoms. The van der Waals surface area contributed by atoms with E-state index in [1.807, 2.05) is 0 Å². The Morgan fingerprint density at radius 2 is 1.63 bits per heavy atom. The third-order valence-electron chi connectivity index (χ3n) is 10.7. The van der Waals surface area contributed by atoms with Crippen molar-refractivity contribution >= 4 is 0 Å². The number of allylic oxidation sites excluding steroid dienone is 1. The highest BCUT2D eigenvalue weighted by Gasteiger charge is 2.63. The number of aliphatic hydroxyl groups excluding tert-OH is 2. The zero-order valence-electron chi connectivity index (χ0n) is 19.9. The molecule has 4 fully saturated rings. The van der Waals surface area contributed by atoms with E-state index < -0.39 is 5.60 Å². The maximum atomic E-state index is 11.5. The summed E-state index contributed by atoms with van der Waals surface area (Å²) in [4.78, 5) is 0. The van der Waals surface area contributed by atoms with Gasteiger partial charge in [-0.1, -0.05) is 19.4 Å². The van der Waals surface area contributed by atoms with Crippen LogP contribution in [0.1, 0.15) is 98.3 Å². The summed E-state index contributed by atoms with van der Waals surface area (Å²) in [5.41, 5.74) is 0.953. The molecule has 0 radical (unpaired) electrons. The summed E-state index contributed by atoms with van der Waals surface area (Å²) in [6.45, 7) is 13.1. The van der Waals surface area contributed by atoms with Crippen LogP contribution in [-0.4, -0.2) is 33.1 Å². The molecule has 1 unspecified atom stereocenters. The number of hydrogen-bond donors (Lipinski definition) is 3. The molecule has 3 nitrogen and oxygen atoms in total. The van der Waals surface area contributed by atoms with Crippen LogP contribution in [0.25, 0.3) is 0 Å². The van der Waals surface area contributed by atoms with Gasteiger partial charge in [-0.2, -0.15) is 0 Å². The predicted octanol–water partition coefficient (Wildman–Crippen LogP) is 5.47. The second-order valence-electron chi connectivity index (χ2n) is 12.6. The Balaban J connectivity index is 1.54. The standard InChI is InChI=1S/C27H46O3/c1-17(2)7-6-12-27(5,30)24-9-8-20-19-16-23(29)22-15-18(28)10-13-25(22,3)21(19)11-14-26(20,24)4/h18-24,28-30H,1,6-16H2,2-5H3/t18-,19?,20-,21-,22+,23-,24-,25+,26-,27-/m0/s1. The van der Waals surface area contributed by atoms with Crippen LogP contribution < -0.4 is 0 Å². The van der Waals surface area contributed by atoms with Crippen molar-refractivity contribution in [3.05, 3.63) is 12.2 Å². The first-order valence-corrected chi connectivity index (χ1v) is 12.7. The fourth-order valence-corrected chi connectivity index (χ4v) is 9.22. The number of hydrogen-bond acceptors (Lipinski definition) is 3. The Labute approximate surface area is 184 Å². The first-order valence-electron chi connectivity index (χ1n) is 12.7. The Kier molecular flexibility index (Phi) is 5.99. The number of rotatable bonds is 5. The lowest BCUT2D eigenvalue weighted by Gasteiger charge is -2.62. The van der Waals surface area contributed by atoms with Gasteiger partial charge in [-0.15, -0.1) is 6.58 Å². The highest BCUT2D eigenvalue weighted by Crippen LogP contribution is 2.68. The van der Waals surface area contributed by atoms with Gasteiger partial charge >= 0.3 is 0 Å². The van der Waals surface area contributed by atoms with Gasteiger partial charge in [0.25, 0.3) is 0 Å². The van der Waals surface area contributed by atoms with E-state index in [0.29, 0.717) is 23.7 Å². The first kappa shape index (κ1) is 22.8. The molecule has 4 saturated carbocycles. The van der Waals surface area contributed by atoms with E-state index in [2.05, 4.69) is 34.3 Å². The smallest absolute Gasteiger partial charge is 0.0653 e. The van der Waals surface area contributed by atoms with E-state index in [4.69, 9.17) is 0 Å². The van der Waals surface area contributed by atoms with E-state index in [1.165, 1.54) is 24.8 Å². The Morgan fingerprint density at radius 3 is 2.33 bits per heavy atom. The molecule has 4 aliphatic rings. The maximum Gasteiger partial charge on any atom is 0.0653 e. The third kappa shape index (κ3) is 3.61. The van der Waals surface area contributed by atoms with Crippen LogP contribution in [0.2, 0.25) is 0 Å². The van der Waals surface area contributed by atoms with Gasteiger partial charge in [0.1, 0.15) is 0 Å². The van der Waals surface area contributed by atoms with Gasteiger partial charge in [-0.05, 0) is 125 Å². The minimum absolute atomic E-state index is 0.172. The second kappa shape index (κ2) is 7.89. The average molecular weight is 419 g/mol. The van der Waals surface area contributed by atoms with Crippen molar-refractivity contribution in [2.24, 2.45) is 40.4 Å². The van der Waals surface area contributed by atoms with Crippen LogP contribution in [-0.2, 0) is 0 Å². The summed E-state index contributed by atoms with van der Waals surface area (Å²) in [6, 6.07) is 0. The Bertz CT molecular complexity index is 656. The average Bonchev–Trinajstić information content (AvgIpc) is 3.01. The van der Waals surface area contributed by atoms with E-state index >= 15 is 0 Å². The normalized spacial score (nSPS) is 50.2. The molecule has 0 amide bonds. The molecule has 4 aliphatic carbocycles. The van der Waals surface area contributed by atoms with Gasteiger partial charge in [0.2, 0.25) is 0 Å². The maximum absolute atomic E-state index is 11.5. The van der Waals surface area contributed by atoms with E-state index in [0.717, 1.165) is 51.4 Å². The third-order valence-corrected chi connectivity index (χ3v) is 10.7. The van der Waals surface area contributed by atoms with Crippen LogP contribution in [0.15, 0.2) is 12.2 Å². The Hall–Kier alpha value is -0.380. The number of aliphatic hydroxyl groups is 3. The molecule has 30 heavy (non-hydrogen) atoms. The lowest BCUT2D eigenvalue weighted by molar-refractivity contribution is -0.179. The summed E-state index contributed by atoms with van der Waals surface area (Å²) in [5, 5.41) is 32.9. The summed E-state index contributed by atoms with van der Waals surface area (Å²) in [5.74, 6) is 2.48. The van der Waals surface area contributed by atoms with Crippen LogP contribution in [0.4, 0.5) is 0 Å². The topological polar surface area (TPSA) is 60.7 Å². The Morgan fingerprint density at radius 1 is 0.967 bits per heavy atom. The second-order valence-corrected chi connectivity index (χ2v) is 12.6. The van der Waals surface area contributed by atoms with Crippen molar-refractivity contribution < 1.29 is 15.3 Å². The van der Waals surface area contributed by atoms with Crippen molar-refractivity contribution in [2.45, 2.75) is 116 Å². The highest BCUT2D eigenvalue weighted by molar-refractivity contribution is 5.13. The van der Waals surface area contributed by atoms with Crippen LogP contribution in [0, 0.1) is 40.4 Å². The fourth-order valence-electron chi connectivity index (χ4n) is 9.22. The van der Waals surface area contributed by atoms with Crippen molar-refractivity contribution in [1.82, 2.24) is 0 Å². The molecule has 0 heterocycles. The zero-order valence-corrected chi connectivity index (χ0v) is 19.9. The SMILES string of the molecule is C=C(C)CCC[C@](C)(O)[C@H]1CC[C@H]2C3C[C@H](O)[C@H]4C[C@@H](O)CC[C@]4(C)[C@H]3CC[C@@]21C. The van der Waals surface area contributed by atoms with Gasteiger partial charge in [-0.25, -0.2) is 0 Å². The molecular weight excluding hydrogens is 372 g/mol. The largest absolute Gasteiger partial charge is 0.393 e. The van der Waals surface area contributed by atoms with Gasteiger partial charge < -0.3 is 15.3 Å². The summed E-state index contributed by atoms with van der Waals surface area (Å²) >= 11 is 0. The molecular formula is C27H46O3. The molecule has 0 bridgehead atoms. The zero-order chi connectivity index (χ0) is 21.9.